The molecule has 0 bridgehead atoms. The van der Waals surface area contributed by atoms with Gasteiger partial charge in [0.1, 0.15) is 0 Å². The second kappa shape index (κ2) is 7.51. The van der Waals surface area contributed by atoms with Crippen molar-refractivity contribution >= 4 is 5.91 Å². The Morgan fingerprint density at radius 3 is 2.61 bits per heavy atom. The molecule has 0 fully saturated rings. The molecule has 1 amide bonds. The minimum absolute atomic E-state index is 0.00384. The molecular weight excluding hydrogens is 292 g/mol. The summed E-state index contributed by atoms with van der Waals surface area (Å²) in [6.07, 6.45) is 3.13. The maximum Gasteiger partial charge on any atom is 0.230 e. The Bertz CT molecular complexity index is 594. The fraction of sp³-hybridized carbons (Fsp3) is 0.500. The summed E-state index contributed by atoms with van der Waals surface area (Å²) in [5.74, 6) is 1.29. The van der Waals surface area contributed by atoms with Crippen LogP contribution in [-0.2, 0) is 10.2 Å². The molecule has 1 aliphatic rings. The van der Waals surface area contributed by atoms with Crippen molar-refractivity contribution in [3.05, 3.63) is 35.4 Å². The number of hydrogen-bond donors (Lipinski definition) is 2. The molecule has 0 radical (unpaired) electrons. The number of benzene rings is 1. The Morgan fingerprint density at radius 2 is 2.00 bits per heavy atom. The van der Waals surface area contributed by atoms with E-state index in [1.807, 2.05) is 32.0 Å². The van der Waals surface area contributed by atoms with Crippen LogP contribution in [0.15, 0.2) is 29.8 Å². The lowest BCUT2D eigenvalue weighted by molar-refractivity contribution is -0.125. The molecule has 1 aromatic rings. The minimum Gasteiger partial charge on any atom is -0.493 e. The highest BCUT2D eigenvalue weighted by Gasteiger charge is 2.30. The van der Waals surface area contributed by atoms with Crippen LogP contribution in [0.4, 0.5) is 0 Å². The third kappa shape index (κ3) is 4.05. The molecule has 23 heavy (non-hydrogen) atoms. The largest absolute Gasteiger partial charge is 0.493 e. The second-order valence-corrected chi connectivity index (χ2v) is 6.19. The van der Waals surface area contributed by atoms with Gasteiger partial charge < -0.3 is 20.1 Å². The van der Waals surface area contributed by atoms with Crippen LogP contribution in [0.3, 0.4) is 0 Å². The fourth-order valence-electron chi connectivity index (χ4n) is 2.60. The highest BCUT2D eigenvalue weighted by molar-refractivity contribution is 5.87. The summed E-state index contributed by atoms with van der Waals surface area (Å²) in [6.45, 7) is 6.29. The van der Waals surface area contributed by atoms with Gasteiger partial charge in [0.15, 0.2) is 11.5 Å². The van der Waals surface area contributed by atoms with Crippen LogP contribution in [0, 0.1) is 0 Å². The van der Waals surface area contributed by atoms with Gasteiger partial charge in [-0.2, -0.15) is 0 Å². The van der Waals surface area contributed by atoms with Gasteiger partial charge in [-0.25, -0.2) is 0 Å². The Kier molecular flexibility index (Phi) is 5.66. The number of methoxy groups -OCH3 is 2. The maximum atomic E-state index is 12.6. The van der Waals surface area contributed by atoms with E-state index >= 15 is 0 Å². The van der Waals surface area contributed by atoms with Gasteiger partial charge in [-0.05, 0) is 44.5 Å². The first-order valence-corrected chi connectivity index (χ1v) is 7.88. The number of nitrogens with one attached hydrogen (secondary N) is 2. The summed E-state index contributed by atoms with van der Waals surface area (Å²) in [6, 6.07) is 5.60. The van der Waals surface area contributed by atoms with Gasteiger partial charge in [-0.1, -0.05) is 17.7 Å². The van der Waals surface area contributed by atoms with Crippen LogP contribution in [-0.4, -0.2) is 39.8 Å². The molecule has 1 aliphatic heterocycles. The van der Waals surface area contributed by atoms with Crippen molar-refractivity contribution < 1.29 is 14.3 Å². The highest BCUT2D eigenvalue weighted by atomic mass is 16.5. The Balaban J connectivity index is 2.10. The van der Waals surface area contributed by atoms with Crippen LogP contribution in [0.5, 0.6) is 11.5 Å². The molecule has 0 atom stereocenters. The predicted octanol–water partition coefficient (Wildman–Crippen LogP) is 2.02. The third-order valence-corrected chi connectivity index (χ3v) is 4.31. The average molecular weight is 318 g/mol. The first-order chi connectivity index (χ1) is 11.0. The molecule has 0 aromatic heterocycles. The zero-order valence-electron chi connectivity index (χ0n) is 14.4. The van der Waals surface area contributed by atoms with E-state index in [1.165, 1.54) is 5.57 Å². The van der Waals surface area contributed by atoms with Gasteiger partial charge in [0, 0.05) is 13.1 Å². The van der Waals surface area contributed by atoms with Crippen molar-refractivity contribution in [1.29, 1.82) is 0 Å². The van der Waals surface area contributed by atoms with Gasteiger partial charge in [0.25, 0.3) is 0 Å². The lowest BCUT2D eigenvalue weighted by Crippen LogP contribution is -2.41. The number of hydrogen-bond acceptors (Lipinski definition) is 4. The number of amides is 1. The quantitative estimate of drug-likeness (QED) is 0.788. The molecule has 5 heteroatoms. The highest BCUT2D eigenvalue weighted by Crippen LogP contribution is 2.33. The summed E-state index contributed by atoms with van der Waals surface area (Å²) >= 11 is 0. The molecule has 2 N–H and O–H groups in total. The van der Waals surface area contributed by atoms with E-state index in [1.54, 1.807) is 14.2 Å². The van der Waals surface area contributed by atoms with Crippen molar-refractivity contribution in [3.8, 4) is 11.5 Å². The Morgan fingerprint density at radius 1 is 1.26 bits per heavy atom. The van der Waals surface area contributed by atoms with Crippen molar-refractivity contribution in [3.63, 3.8) is 0 Å². The average Bonchev–Trinajstić information content (AvgIpc) is 2.59. The molecule has 0 saturated carbocycles. The standard InChI is InChI=1S/C18H26N2O3/c1-18(2,14-5-6-15(22-3)16(11-14)23-4)17(21)20-12-13-7-9-19-10-8-13/h5-7,11,19H,8-10,12H2,1-4H3,(H,20,21). The van der Waals surface area contributed by atoms with Crippen molar-refractivity contribution in [2.24, 2.45) is 0 Å². The topological polar surface area (TPSA) is 59.6 Å². The van der Waals surface area contributed by atoms with Crippen LogP contribution >= 0.6 is 0 Å². The summed E-state index contributed by atoms with van der Waals surface area (Å²) in [5.41, 5.74) is 1.53. The molecule has 1 heterocycles. The van der Waals surface area contributed by atoms with E-state index < -0.39 is 5.41 Å². The monoisotopic (exact) mass is 318 g/mol. The van der Waals surface area contributed by atoms with E-state index in [9.17, 15) is 4.79 Å². The predicted molar refractivity (Wildman–Crippen MR) is 91.2 cm³/mol. The minimum atomic E-state index is -0.646. The summed E-state index contributed by atoms with van der Waals surface area (Å²) in [4.78, 5) is 12.6. The number of carbonyl (C=O) groups excluding carboxylic acids is 1. The zero-order valence-corrected chi connectivity index (χ0v) is 14.4. The van der Waals surface area contributed by atoms with E-state index in [2.05, 4.69) is 16.7 Å². The van der Waals surface area contributed by atoms with E-state index in [0.29, 0.717) is 18.0 Å². The summed E-state index contributed by atoms with van der Waals surface area (Å²) in [7, 11) is 3.19. The van der Waals surface area contributed by atoms with Gasteiger partial charge in [-0.15, -0.1) is 0 Å². The van der Waals surface area contributed by atoms with Crippen LogP contribution in [0.1, 0.15) is 25.8 Å². The van der Waals surface area contributed by atoms with Crippen LogP contribution < -0.4 is 20.1 Å². The number of ether oxygens (including phenoxy) is 2. The number of carbonyl (C=O) groups is 1. The van der Waals surface area contributed by atoms with Crippen LogP contribution in [0.2, 0.25) is 0 Å². The summed E-state index contributed by atoms with van der Waals surface area (Å²) < 4.78 is 10.6. The number of rotatable bonds is 6. The van der Waals surface area contributed by atoms with Gasteiger partial charge in [0.2, 0.25) is 5.91 Å². The van der Waals surface area contributed by atoms with Crippen LogP contribution in [0.25, 0.3) is 0 Å². The lowest BCUT2D eigenvalue weighted by Gasteiger charge is -2.26. The Hall–Kier alpha value is -2.01. The molecule has 0 aliphatic carbocycles. The molecule has 0 spiro atoms. The third-order valence-electron chi connectivity index (χ3n) is 4.31. The smallest absolute Gasteiger partial charge is 0.230 e. The first-order valence-electron chi connectivity index (χ1n) is 7.88. The molecule has 0 saturated heterocycles. The van der Waals surface area contributed by atoms with E-state index in [0.717, 1.165) is 25.1 Å². The van der Waals surface area contributed by atoms with E-state index in [4.69, 9.17) is 9.47 Å². The van der Waals surface area contributed by atoms with Crippen molar-refractivity contribution in [2.75, 3.05) is 33.9 Å². The summed E-state index contributed by atoms with van der Waals surface area (Å²) in [5, 5.41) is 6.32. The Labute approximate surface area is 138 Å². The normalized spacial score (nSPS) is 14.9. The fourth-order valence-corrected chi connectivity index (χ4v) is 2.60. The van der Waals surface area contributed by atoms with Gasteiger partial charge in [0.05, 0.1) is 19.6 Å². The van der Waals surface area contributed by atoms with Gasteiger partial charge in [-0.3, -0.25) is 4.79 Å². The molecule has 1 aromatic carbocycles. The molecule has 0 unspecified atom stereocenters. The van der Waals surface area contributed by atoms with E-state index in [-0.39, 0.29) is 5.91 Å². The molecule has 5 nitrogen and oxygen atoms in total. The van der Waals surface area contributed by atoms with Gasteiger partial charge >= 0.3 is 0 Å². The molecular formula is C18H26N2O3. The second-order valence-electron chi connectivity index (χ2n) is 6.19. The lowest BCUT2D eigenvalue weighted by atomic mass is 9.83. The zero-order chi connectivity index (χ0) is 16.9. The first kappa shape index (κ1) is 17.3. The SMILES string of the molecule is COc1ccc(C(C)(C)C(=O)NCC2=CCNCC2)cc1OC. The van der Waals surface area contributed by atoms with Crippen molar-refractivity contribution in [1.82, 2.24) is 10.6 Å². The van der Waals surface area contributed by atoms with Crippen molar-refractivity contribution in [2.45, 2.75) is 25.7 Å². The molecule has 2 rings (SSSR count). The molecule has 126 valence electrons. The maximum absolute atomic E-state index is 12.6.